The van der Waals surface area contributed by atoms with Crippen LogP contribution in [0.3, 0.4) is 0 Å². The fraction of sp³-hybridized carbons (Fsp3) is 0.300. The van der Waals surface area contributed by atoms with Gasteiger partial charge in [0, 0.05) is 42.2 Å². The number of ketones is 2. The lowest BCUT2D eigenvalue weighted by Crippen LogP contribution is -2.24. The summed E-state index contributed by atoms with van der Waals surface area (Å²) in [4.78, 5) is 26.2. The van der Waals surface area contributed by atoms with E-state index >= 15 is 0 Å². The molecule has 26 heavy (non-hydrogen) atoms. The average Bonchev–Trinajstić information content (AvgIpc) is 2.67. The van der Waals surface area contributed by atoms with Crippen molar-refractivity contribution in [2.24, 2.45) is 5.73 Å². The molecule has 5 N–H and O–H groups in total. The Morgan fingerprint density at radius 1 is 0.808 bits per heavy atom. The van der Waals surface area contributed by atoms with Crippen molar-refractivity contribution in [1.82, 2.24) is 0 Å². The molecule has 6 heteroatoms. The number of anilines is 2. The Hall–Kier alpha value is -2.70. The van der Waals surface area contributed by atoms with Crippen LogP contribution in [0.4, 0.5) is 11.4 Å². The highest BCUT2D eigenvalue weighted by atomic mass is 16.3. The van der Waals surface area contributed by atoms with E-state index in [0.717, 1.165) is 6.42 Å². The third-order valence-electron chi connectivity index (χ3n) is 4.42. The van der Waals surface area contributed by atoms with Gasteiger partial charge in [0.2, 0.25) is 0 Å². The van der Waals surface area contributed by atoms with Crippen LogP contribution in [0.5, 0.6) is 0 Å². The summed E-state index contributed by atoms with van der Waals surface area (Å²) in [5, 5.41) is 15.4. The van der Waals surface area contributed by atoms with Gasteiger partial charge >= 0.3 is 0 Å². The molecule has 0 aliphatic heterocycles. The van der Waals surface area contributed by atoms with Crippen LogP contribution in [0, 0.1) is 0 Å². The topological polar surface area (TPSA) is 104 Å². The maximum absolute atomic E-state index is 13.1. The van der Waals surface area contributed by atoms with Crippen molar-refractivity contribution < 1.29 is 14.7 Å². The number of hydrogen-bond acceptors (Lipinski definition) is 6. The van der Waals surface area contributed by atoms with Crippen LogP contribution in [0.2, 0.25) is 0 Å². The molecule has 0 saturated carbocycles. The van der Waals surface area contributed by atoms with E-state index in [1.54, 1.807) is 30.3 Å². The third-order valence-corrected chi connectivity index (χ3v) is 4.42. The number of hydrogen-bond donors (Lipinski definition) is 4. The second-order valence-electron chi connectivity index (χ2n) is 6.19. The van der Waals surface area contributed by atoms with Crippen LogP contribution in [0.1, 0.15) is 44.7 Å². The van der Waals surface area contributed by atoms with Gasteiger partial charge in [0.15, 0.2) is 11.6 Å². The fourth-order valence-corrected chi connectivity index (χ4v) is 3.14. The Morgan fingerprint density at radius 3 is 1.77 bits per heavy atom. The van der Waals surface area contributed by atoms with Crippen LogP contribution < -0.4 is 16.4 Å². The molecule has 0 bridgehead atoms. The van der Waals surface area contributed by atoms with Gasteiger partial charge in [0.25, 0.3) is 0 Å². The molecule has 0 heterocycles. The quantitative estimate of drug-likeness (QED) is 0.462. The second-order valence-corrected chi connectivity index (χ2v) is 6.19. The van der Waals surface area contributed by atoms with Gasteiger partial charge in [-0.3, -0.25) is 9.59 Å². The maximum atomic E-state index is 13.1. The van der Waals surface area contributed by atoms with Gasteiger partial charge < -0.3 is 21.5 Å². The highest BCUT2D eigenvalue weighted by molar-refractivity contribution is 6.31. The number of carbonyl (C=O) groups excluding carboxylic acids is 2. The molecule has 0 aromatic heterocycles. The van der Waals surface area contributed by atoms with Crippen LogP contribution in [-0.2, 0) is 0 Å². The van der Waals surface area contributed by atoms with Gasteiger partial charge in [-0.1, -0.05) is 24.3 Å². The molecule has 1 aliphatic rings. The van der Waals surface area contributed by atoms with Crippen LogP contribution in [0.15, 0.2) is 36.4 Å². The molecule has 0 amide bonds. The Bertz CT molecular complexity index is 765. The number of aliphatic hydroxyl groups is 1. The summed E-state index contributed by atoms with van der Waals surface area (Å²) in [6.07, 6.45) is 1.33. The number of fused-ring (bicyclic) bond motifs is 2. The van der Waals surface area contributed by atoms with Crippen molar-refractivity contribution in [2.45, 2.75) is 12.8 Å². The number of benzene rings is 2. The number of nitrogens with one attached hydrogen (secondary N) is 2. The minimum atomic E-state index is -0.163. The fourth-order valence-electron chi connectivity index (χ4n) is 3.14. The van der Waals surface area contributed by atoms with E-state index in [1.165, 1.54) is 0 Å². The van der Waals surface area contributed by atoms with E-state index in [-0.39, 0.29) is 18.2 Å². The summed E-state index contributed by atoms with van der Waals surface area (Å²) in [7, 11) is 0. The first-order chi connectivity index (χ1) is 12.7. The van der Waals surface area contributed by atoms with Crippen LogP contribution in [-0.4, -0.2) is 42.9 Å². The standard InChI is InChI=1S/C20H23N3O3/c21-9-3-10-22-15-7-8-16(23-11-4-12-24)18-17(15)19(25)13-5-1-2-6-14(13)20(18)26/h1-2,5-8,22-24H,3-4,9-12,21H2. The van der Waals surface area contributed by atoms with Crippen molar-refractivity contribution in [2.75, 3.05) is 36.9 Å². The van der Waals surface area contributed by atoms with Gasteiger partial charge in [0.05, 0.1) is 11.1 Å². The van der Waals surface area contributed by atoms with E-state index in [4.69, 9.17) is 10.8 Å². The first-order valence-corrected chi connectivity index (χ1v) is 8.83. The van der Waals surface area contributed by atoms with E-state index in [2.05, 4.69) is 10.6 Å². The molecule has 136 valence electrons. The Labute approximate surface area is 152 Å². The summed E-state index contributed by atoms with van der Waals surface area (Å²) in [6.45, 7) is 1.75. The lowest BCUT2D eigenvalue weighted by Gasteiger charge is -2.24. The summed E-state index contributed by atoms with van der Waals surface area (Å²) in [6, 6.07) is 10.5. The Balaban J connectivity index is 2.07. The van der Waals surface area contributed by atoms with E-state index < -0.39 is 0 Å². The lowest BCUT2D eigenvalue weighted by atomic mass is 9.82. The van der Waals surface area contributed by atoms with Crippen molar-refractivity contribution in [1.29, 1.82) is 0 Å². The molecule has 3 rings (SSSR count). The molecular formula is C20H23N3O3. The summed E-state index contributed by atoms with van der Waals surface area (Å²) >= 11 is 0. The maximum Gasteiger partial charge on any atom is 0.196 e. The summed E-state index contributed by atoms with van der Waals surface area (Å²) < 4.78 is 0. The highest BCUT2D eigenvalue weighted by Crippen LogP contribution is 2.36. The molecule has 0 radical (unpaired) electrons. The summed E-state index contributed by atoms with van der Waals surface area (Å²) in [5.41, 5.74) is 8.46. The van der Waals surface area contributed by atoms with E-state index in [0.29, 0.717) is 59.7 Å². The SMILES string of the molecule is NCCCNc1ccc(NCCCO)c2c1C(=O)c1ccccc1C2=O. The van der Waals surface area contributed by atoms with Gasteiger partial charge in [0.1, 0.15) is 0 Å². The average molecular weight is 353 g/mol. The van der Waals surface area contributed by atoms with Gasteiger partial charge in [-0.15, -0.1) is 0 Å². The monoisotopic (exact) mass is 353 g/mol. The minimum absolute atomic E-state index is 0.0592. The highest BCUT2D eigenvalue weighted by Gasteiger charge is 2.33. The molecule has 0 saturated heterocycles. The minimum Gasteiger partial charge on any atom is -0.396 e. The van der Waals surface area contributed by atoms with Gasteiger partial charge in [-0.2, -0.15) is 0 Å². The predicted molar refractivity (Wildman–Crippen MR) is 102 cm³/mol. The van der Waals surface area contributed by atoms with Crippen molar-refractivity contribution in [3.63, 3.8) is 0 Å². The smallest absolute Gasteiger partial charge is 0.196 e. The third kappa shape index (κ3) is 3.34. The zero-order valence-electron chi connectivity index (χ0n) is 14.5. The number of rotatable bonds is 8. The first-order valence-electron chi connectivity index (χ1n) is 8.83. The van der Waals surface area contributed by atoms with E-state index in [9.17, 15) is 9.59 Å². The molecule has 0 unspecified atom stereocenters. The molecule has 2 aromatic carbocycles. The lowest BCUT2D eigenvalue weighted by molar-refractivity contribution is 0.0980. The molecule has 0 atom stereocenters. The predicted octanol–water partition coefficient (Wildman–Crippen LogP) is 2.02. The molecular weight excluding hydrogens is 330 g/mol. The molecule has 0 fully saturated rings. The number of nitrogens with two attached hydrogens (primary N) is 1. The molecule has 1 aliphatic carbocycles. The van der Waals surface area contributed by atoms with Crippen molar-refractivity contribution >= 4 is 22.9 Å². The largest absolute Gasteiger partial charge is 0.396 e. The van der Waals surface area contributed by atoms with Gasteiger partial charge in [-0.05, 0) is 31.5 Å². The zero-order chi connectivity index (χ0) is 18.5. The van der Waals surface area contributed by atoms with Crippen LogP contribution >= 0.6 is 0 Å². The van der Waals surface area contributed by atoms with Crippen LogP contribution in [0.25, 0.3) is 0 Å². The Kier molecular flexibility index (Phi) is 5.65. The van der Waals surface area contributed by atoms with Crippen molar-refractivity contribution in [3.05, 3.63) is 58.7 Å². The molecule has 0 spiro atoms. The molecule has 6 nitrogen and oxygen atoms in total. The van der Waals surface area contributed by atoms with Crippen molar-refractivity contribution in [3.8, 4) is 0 Å². The number of carbonyl (C=O) groups is 2. The summed E-state index contributed by atoms with van der Waals surface area (Å²) in [5.74, 6) is -0.319. The van der Waals surface area contributed by atoms with Gasteiger partial charge in [-0.25, -0.2) is 0 Å². The first kappa shape index (κ1) is 18.1. The second kappa shape index (κ2) is 8.12. The van der Waals surface area contributed by atoms with E-state index in [1.807, 2.05) is 6.07 Å². The number of aliphatic hydroxyl groups excluding tert-OH is 1. The zero-order valence-corrected chi connectivity index (χ0v) is 14.5. The normalized spacial score (nSPS) is 12.5. The Morgan fingerprint density at radius 2 is 1.31 bits per heavy atom. The molecule has 2 aromatic rings.